The summed E-state index contributed by atoms with van der Waals surface area (Å²) in [6.07, 6.45) is -9.41. The van der Waals surface area contributed by atoms with Gasteiger partial charge in [-0.2, -0.15) is 0 Å². The third-order valence-electron chi connectivity index (χ3n) is 8.84. The summed E-state index contributed by atoms with van der Waals surface area (Å²) in [5, 5.41) is 99.4. The van der Waals surface area contributed by atoms with Crippen molar-refractivity contribution in [2.24, 2.45) is 11.5 Å². The van der Waals surface area contributed by atoms with Crippen molar-refractivity contribution in [2.45, 2.75) is 85.3 Å². The van der Waals surface area contributed by atoms with Crippen molar-refractivity contribution in [1.29, 1.82) is 0 Å². The summed E-state index contributed by atoms with van der Waals surface area (Å²) in [4.78, 5) is 37.1. The van der Waals surface area contributed by atoms with E-state index in [9.17, 15) is 50.4 Å². The zero-order valence-corrected chi connectivity index (χ0v) is 32.2. The highest BCUT2D eigenvalue weighted by molar-refractivity contribution is 8.13. The van der Waals surface area contributed by atoms with Gasteiger partial charge in [0.25, 0.3) is 0 Å². The van der Waals surface area contributed by atoms with E-state index < -0.39 is 87.2 Å². The number of imidazole rings is 1. The molecule has 0 radical (unpaired) electrons. The molecule has 0 fully saturated rings. The average Bonchev–Trinajstić information content (AvgIpc) is 3.92. The van der Waals surface area contributed by atoms with E-state index in [0.29, 0.717) is 23.4 Å². The predicted octanol–water partition coefficient (Wildman–Crippen LogP) is -4.05. The summed E-state index contributed by atoms with van der Waals surface area (Å²) in [6.45, 7) is -2.97. The number of benzene rings is 1. The third kappa shape index (κ3) is 15.1. The number of thioether (sulfide) groups is 2. The van der Waals surface area contributed by atoms with Gasteiger partial charge in [-0.1, -0.05) is 29.6 Å². The summed E-state index contributed by atoms with van der Waals surface area (Å²) in [5.41, 5.74) is 15.2. The van der Waals surface area contributed by atoms with Gasteiger partial charge < -0.3 is 77.2 Å². The van der Waals surface area contributed by atoms with Crippen LogP contribution in [0.4, 0.5) is 0 Å². The normalized spacial score (nSPS) is 17.4. The number of aliphatic hydroxyl groups is 10. The van der Waals surface area contributed by atoms with Crippen LogP contribution in [-0.4, -0.2) is 182 Å². The third-order valence-corrected chi connectivity index (χ3v) is 10.9. The van der Waals surface area contributed by atoms with Crippen LogP contribution in [0, 0.1) is 0 Å². The zero-order valence-electron chi connectivity index (χ0n) is 30.5. The van der Waals surface area contributed by atoms with Crippen LogP contribution in [0.1, 0.15) is 22.5 Å². The first-order valence-corrected chi connectivity index (χ1v) is 19.7. The minimum absolute atomic E-state index is 0.0965. The number of H-pyrrole nitrogens is 2. The molecular weight excluding hydrogens is 777 g/mol. The second-order valence-electron chi connectivity index (χ2n) is 13.2. The van der Waals surface area contributed by atoms with E-state index in [0.717, 1.165) is 34.8 Å². The topological polar surface area (TPSA) is 345 Å². The molecule has 0 saturated heterocycles. The average molecular weight is 831 g/mol. The van der Waals surface area contributed by atoms with E-state index in [4.69, 9.17) is 26.4 Å². The van der Waals surface area contributed by atoms with E-state index in [2.05, 4.69) is 15.0 Å². The van der Waals surface area contributed by atoms with E-state index in [1.807, 2.05) is 12.1 Å². The van der Waals surface area contributed by atoms with Gasteiger partial charge in [-0.25, -0.2) is 4.98 Å². The summed E-state index contributed by atoms with van der Waals surface area (Å²) in [5.74, 6) is 0.752. The Kier molecular flexibility index (Phi) is 20.4. The van der Waals surface area contributed by atoms with Crippen molar-refractivity contribution in [1.82, 2.24) is 19.9 Å². The molecule has 0 unspecified atom stereocenters. The maximum absolute atomic E-state index is 13.0. The lowest BCUT2D eigenvalue weighted by molar-refractivity contribution is -0.130. The second-order valence-corrected chi connectivity index (χ2v) is 15.2. The smallest absolute Gasteiger partial charge is 0.206 e. The molecular formula is C35H54N6O13S2. The molecule has 2 aromatic heterocycles. The SMILES string of the molecule is N[C@@H](Cc1ccc[nH]1)C(=O)SCc1ccc(OCCN(C[C@H](O)[C@@H](O)[C@H](O)[C@H](O)CO)C[C@H](O)[C@@H](O)[C@H](O)[C@H](O)CO)cc1CSC(=O)[C@@H](N)Cc1cnc[nH]1. The first-order chi connectivity index (χ1) is 26.6. The largest absolute Gasteiger partial charge is 0.492 e. The minimum atomic E-state index is -1.94. The Labute approximate surface area is 331 Å². The van der Waals surface area contributed by atoms with Gasteiger partial charge in [0.1, 0.15) is 49.0 Å². The molecule has 19 nitrogen and oxygen atoms in total. The number of aromatic nitrogens is 3. The first kappa shape index (κ1) is 47.4. The van der Waals surface area contributed by atoms with Crippen LogP contribution >= 0.6 is 23.5 Å². The van der Waals surface area contributed by atoms with Gasteiger partial charge in [0.15, 0.2) is 0 Å². The number of nitrogens with one attached hydrogen (secondary N) is 2. The molecule has 0 aliphatic carbocycles. The molecule has 21 heteroatoms. The van der Waals surface area contributed by atoms with Crippen molar-refractivity contribution < 1.29 is 65.4 Å². The molecule has 3 rings (SSSR count). The van der Waals surface area contributed by atoms with Crippen LogP contribution < -0.4 is 16.2 Å². The number of aromatic amines is 2. The van der Waals surface area contributed by atoms with E-state index in [1.165, 1.54) is 11.2 Å². The summed E-state index contributed by atoms with van der Waals surface area (Å²) in [6, 6.07) is 7.12. The Hall–Kier alpha value is -2.97. The highest BCUT2D eigenvalue weighted by Gasteiger charge is 2.34. The molecule has 0 spiro atoms. The Balaban J connectivity index is 1.74. The van der Waals surface area contributed by atoms with Crippen LogP contribution in [0.3, 0.4) is 0 Å². The number of hydrogen-bond acceptors (Lipinski definition) is 19. The second kappa shape index (κ2) is 24.1. The summed E-state index contributed by atoms with van der Waals surface area (Å²) < 4.78 is 5.97. The monoisotopic (exact) mass is 830 g/mol. The van der Waals surface area contributed by atoms with Gasteiger partial charge in [0.2, 0.25) is 10.2 Å². The standard InChI is InChI=1S/C35H54N6O13S2/c36-24(9-21-2-1-5-39-21)34(52)55-16-19-3-4-23(8-20(19)17-56-35(53)25(37)10-22-11-38-18-40-22)54-7-6-41(12-26(44)30(48)32(50)28(46)14-42)13-27(45)31(49)33(51)29(47)15-43/h1-5,8,11,18,24-33,39,42-51H,6-7,9-10,12-17,36-37H2,(H,38,40)/t24-,25-,26-,27-,28+,29+,30+,31+,32+,33+/m0/s1. The van der Waals surface area contributed by atoms with Gasteiger partial charge >= 0.3 is 0 Å². The van der Waals surface area contributed by atoms with Crippen LogP contribution in [0.15, 0.2) is 49.1 Å². The number of carbonyl (C=O) groups is 2. The lowest BCUT2D eigenvalue weighted by Gasteiger charge is -2.33. The number of rotatable bonds is 26. The van der Waals surface area contributed by atoms with Crippen LogP contribution in [0.5, 0.6) is 5.75 Å². The van der Waals surface area contributed by atoms with E-state index in [1.54, 1.807) is 30.6 Å². The van der Waals surface area contributed by atoms with Crippen LogP contribution in [0.25, 0.3) is 0 Å². The maximum Gasteiger partial charge on any atom is 0.206 e. The van der Waals surface area contributed by atoms with Gasteiger partial charge in [-0.05, 0) is 35.4 Å². The van der Waals surface area contributed by atoms with E-state index in [-0.39, 0.29) is 41.3 Å². The van der Waals surface area contributed by atoms with Crippen molar-refractivity contribution in [3.8, 4) is 5.75 Å². The molecule has 0 bridgehead atoms. The Morgan fingerprint density at radius 2 is 1.27 bits per heavy atom. The van der Waals surface area contributed by atoms with Crippen molar-refractivity contribution in [3.05, 3.63) is 71.6 Å². The predicted molar refractivity (Wildman–Crippen MR) is 206 cm³/mol. The highest BCUT2D eigenvalue weighted by atomic mass is 32.2. The Morgan fingerprint density at radius 1 is 0.732 bits per heavy atom. The molecule has 56 heavy (non-hydrogen) atoms. The summed E-state index contributed by atoms with van der Waals surface area (Å²) >= 11 is 2.02. The molecule has 0 aliphatic rings. The van der Waals surface area contributed by atoms with Gasteiger partial charge in [-0.3, -0.25) is 14.5 Å². The van der Waals surface area contributed by atoms with Crippen molar-refractivity contribution in [2.75, 3.05) is 39.5 Å². The maximum atomic E-state index is 13.0. The van der Waals surface area contributed by atoms with Crippen LogP contribution in [0.2, 0.25) is 0 Å². The number of hydrogen-bond donors (Lipinski definition) is 14. The lowest BCUT2D eigenvalue weighted by Crippen LogP contribution is -2.53. The number of ether oxygens (including phenoxy) is 1. The molecule has 10 atom stereocenters. The molecule has 2 heterocycles. The molecule has 3 aromatic rings. The first-order valence-electron chi connectivity index (χ1n) is 17.7. The minimum Gasteiger partial charge on any atom is -0.492 e. The molecule has 16 N–H and O–H groups in total. The Morgan fingerprint density at radius 3 is 1.77 bits per heavy atom. The summed E-state index contributed by atoms with van der Waals surface area (Å²) in [7, 11) is 0. The highest BCUT2D eigenvalue weighted by Crippen LogP contribution is 2.27. The number of carbonyl (C=O) groups excluding carboxylic acids is 2. The van der Waals surface area contributed by atoms with Gasteiger partial charge in [0.05, 0.1) is 43.8 Å². The number of aliphatic hydroxyl groups excluding tert-OH is 10. The molecule has 0 aliphatic heterocycles. The van der Waals surface area contributed by atoms with Crippen LogP contribution in [-0.2, 0) is 33.9 Å². The zero-order chi connectivity index (χ0) is 41.4. The fourth-order valence-corrected chi connectivity index (χ4v) is 7.17. The van der Waals surface area contributed by atoms with Gasteiger partial charge in [-0.15, -0.1) is 0 Å². The fourth-order valence-electron chi connectivity index (χ4n) is 5.43. The quantitative estimate of drug-likeness (QED) is 0.0366. The molecule has 0 saturated carbocycles. The molecule has 1 aromatic carbocycles. The Bertz CT molecular complexity index is 1550. The van der Waals surface area contributed by atoms with Gasteiger partial charge in [0, 0.05) is 67.8 Å². The molecule has 0 amide bonds. The van der Waals surface area contributed by atoms with Crippen molar-refractivity contribution >= 4 is 33.8 Å². The number of nitrogens with zero attached hydrogens (tertiary/aromatic N) is 2. The molecule has 314 valence electrons. The fraction of sp³-hybridized carbons (Fsp3) is 0.571. The number of nitrogens with two attached hydrogens (primary N) is 2. The lowest BCUT2D eigenvalue weighted by atomic mass is 10.0. The van der Waals surface area contributed by atoms with Crippen molar-refractivity contribution in [3.63, 3.8) is 0 Å². The van der Waals surface area contributed by atoms with E-state index >= 15 is 0 Å².